The third-order valence-electron chi connectivity index (χ3n) is 4.25. The van der Waals surface area contributed by atoms with Gasteiger partial charge < -0.3 is 9.73 Å². The SMILES string of the molecule is CNCC1CCCC1c1cc2cccc(C)c2o1. The summed E-state index contributed by atoms with van der Waals surface area (Å²) in [5.74, 6) is 2.53. The Balaban J connectivity index is 1.96. The Bertz CT molecular complexity index is 543. The van der Waals surface area contributed by atoms with Gasteiger partial charge in [-0.2, -0.15) is 0 Å². The van der Waals surface area contributed by atoms with Crippen LogP contribution in [0.2, 0.25) is 0 Å². The summed E-state index contributed by atoms with van der Waals surface area (Å²) in [5.41, 5.74) is 2.31. The van der Waals surface area contributed by atoms with Crippen molar-refractivity contribution in [3.05, 3.63) is 35.6 Å². The summed E-state index contributed by atoms with van der Waals surface area (Å²) in [5, 5.41) is 4.56. The highest BCUT2D eigenvalue weighted by atomic mass is 16.3. The largest absolute Gasteiger partial charge is 0.460 e. The van der Waals surface area contributed by atoms with Gasteiger partial charge in [-0.15, -0.1) is 0 Å². The van der Waals surface area contributed by atoms with Crippen LogP contribution in [0.25, 0.3) is 11.0 Å². The van der Waals surface area contributed by atoms with E-state index in [9.17, 15) is 0 Å². The zero-order valence-electron chi connectivity index (χ0n) is 11.2. The van der Waals surface area contributed by atoms with E-state index in [1.165, 1.54) is 36.0 Å². The van der Waals surface area contributed by atoms with Crippen LogP contribution in [0.4, 0.5) is 0 Å². The van der Waals surface area contributed by atoms with Crippen LogP contribution < -0.4 is 5.32 Å². The quantitative estimate of drug-likeness (QED) is 0.886. The van der Waals surface area contributed by atoms with Crippen molar-refractivity contribution < 1.29 is 4.42 Å². The van der Waals surface area contributed by atoms with Crippen LogP contribution in [0.15, 0.2) is 28.7 Å². The normalized spacial score (nSPS) is 23.9. The average Bonchev–Trinajstić information content (AvgIpc) is 2.95. The molecule has 18 heavy (non-hydrogen) atoms. The molecule has 1 saturated carbocycles. The monoisotopic (exact) mass is 243 g/mol. The third-order valence-corrected chi connectivity index (χ3v) is 4.25. The molecule has 0 saturated heterocycles. The van der Waals surface area contributed by atoms with Gasteiger partial charge in [-0.3, -0.25) is 0 Å². The molecule has 2 heteroatoms. The minimum atomic E-state index is 0.601. The molecule has 1 N–H and O–H groups in total. The van der Waals surface area contributed by atoms with Crippen LogP contribution in [-0.2, 0) is 0 Å². The molecule has 1 aromatic heterocycles. The van der Waals surface area contributed by atoms with E-state index in [0.717, 1.165) is 18.0 Å². The van der Waals surface area contributed by atoms with Crippen LogP contribution in [0.3, 0.4) is 0 Å². The summed E-state index contributed by atoms with van der Waals surface area (Å²) in [6.07, 6.45) is 3.92. The van der Waals surface area contributed by atoms with Gasteiger partial charge in [0.15, 0.2) is 0 Å². The maximum absolute atomic E-state index is 6.13. The van der Waals surface area contributed by atoms with Crippen molar-refractivity contribution in [1.29, 1.82) is 0 Å². The van der Waals surface area contributed by atoms with Crippen molar-refractivity contribution in [3.63, 3.8) is 0 Å². The molecule has 0 radical (unpaired) electrons. The second kappa shape index (κ2) is 4.77. The van der Waals surface area contributed by atoms with Crippen molar-refractivity contribution in [3.8, 4) is 0 Å². The minimum Gasteiger partial charge on any atom is -0.460 e. The van der Waals surface area contributed by atoms with Crippen LogP contribution >= 0.6 is 0 Å². The summed E-state index contributed by atoms with van der Waals surface area (Å²) in [6.45, 7) is 3.22. The van der Waals surface area contributed by atoms with Gasteiger partial charge in [0.25, 0.3) is 0 Å². The number of benzene rings is 1. The van der Waals surface area contributed by atoms with Crippen molar-refractivity contribution in [2.45, 2.75) is 32.1 Å². The summed E-state index contributed by atoms with van der Waals surface area (Å²) >= 11 is 0. The Labute approximate surface area is 108 Å². The highest BCUT2D eigenvalue weighted by Crippen LogP contribution is 2.41. The second-order valence-electron chi connectivity index (χ2n) is 5.50. The lowest BCUT2D eigenvalue weighted by atomic mass is 9.93. The fourth-order valence-electron chi connectivity index (χ4n) is 3.33. The molecule has 0 aliphatic heterocycles. The van der Waals surface area contributed by atoms with Crippen molar-refractivity contribution in [2.75, 3.05) is 13.6 Å². The molecule has 2 atom stereocenters. The number of furan rings is 1. The Kier molecular flexibility index (Phi) is 3.13. The molecular formula is C16H21NO. The molecular weight excluding hydrogens is 222 g/mol. The Morgan fingerprint density at radius 3 is 3.00 bits per heavy atom. The Morgan fingerprint density at radius 2 is 2.22 bits per heavy atom. The van der Waals surface area contributed by atoms with Gasteiger partial charge in [-0.25, -0.2) is 0 Å². The molecule has 2 unspecified atom stereocenters. The Hall–Kier alpha value is -1.28. The fraction of sp³-hybridized carbons (Fsp3) is 0.500. The molecule has 3 rings (SSSR count). The smallest absolute Gasteiger partial charge is 0.137 e. The third kappa shape index (κ3) is 1.95. The molecule has 2 aromatic rings. The number of fused-ring (bicyclic) bond motifs is 1. The predicted molar refractivity (Wildman–Crippen MR) is 75.0 cm³/mol. The first-order chi connectivity index (χ1) is 8.79. The highest BCUT2D eigenvalue weighted by Gasteiger charge is 2.30. The molecule has 1 aliphatic carbocycles. The van der Waals surface area contributed by atoms with Gasteiger partial charge in [0.2, 0.25) is 0 Å². The first kappa shape index (κ1) is 11.8. The maximum Gasteiger partial charge on any atom is 0.137 e. The van der Waals surface area contributed by atoms with Crippen LogP contribution in [0, 0.1) is 12.8 Å². The van der Waals surface area contributed by atoms with E-state index in [-0.39, 0.29) is 0 Å². The lowest BCUT2D eigenvalue weighted by Gasteiger charge is -2.16. The molecule has 0 amide bonds. The highest BCUT2D eigenvalue weighted by molar-refractivity contribution is 5.81. The van der Waals surface area contributed by atoms with Crippen molar-refractivity contribution >= 4 is 11.0 Å². The van der Waals surface area contributed by atoms with Gasteiger partial charge >= 0.3 is 0 Å². The van der Waals surface area contributed by atoms with Gasteiger partial charge in [0.1, 0.15) is 11.3 Å². The van der Waals surface area contributed by atoms with Gasteiger partial charge in [0, 0.05) is 11.3 Å². The number of hydrogen-bond donors (Lipinski definition) is 1. The van der Waals surface area contributed by atoms with Crippen LogP contribution in [0.1, 0.15) is 36.5 Å². The number of aryl methyl sites for hydroxylation is 1. The van der Waals surface area contributed by atoms with Crippen molar-refractivity contribution in [1.82, 2.24) is 5.32 Å². The zero-order chi connectivity index (χ0) is 12.5. The van der Waals surface area contributed by atoms with E-state index >= 15 is 0 Å². The Morgan fingerprint density at radius 1 is 1.33 bits per heavy atom. The van der Waals surface area contributed by atoms with E-state index in [0.29, 0.717) is 5.92 Å². The number of nitrogens with one attached hydrogen (secondary N) is 1. The topological polar surface area (TPSA) is 25.2 Å². The molecule has 2 nitrogen and oxygen atoms in total. The molecule has 0 bridgehead atoms. The summed E-state index contributed by atoms with van der Waals surface area (Å²) in [6, 6.07) is 8.63. The van der Waals surface area contributed by atoms with Gasteiger partial charge in [-0.05, 0) is 50.9 Å². The molecule has 0 spiro atoms. The number of rotatable bonds is 3. The second-order valence-corrected chi connectivity index (χ2v) is 5.50. The van der Waals surface area contributed by atoms with Crippen molar-refractivity contribution in [2.24, 2.45) is 5.92 Å². The summed E-state index contributed by atoms with van der Waals surface area (Å²) in [7, 11) is 2.04. The van der Waals surface area contributed by atoms with E-state index in [4.69, 9.17) is 4.42 Å². The minimum absolute atomic E-state index is 0.601. The number of hydrogen-bond acceptors (Lipinski definition) is 2. The lowest BCUT2D eigenvalue weighted by Crippen LogP contribution is -2.20. The molecule has 1 heterocycles. The van der Waals surface area contributed by atoms with Crippen LogP contribution in [-0.4, -0.2) is 13.6 Å². The first-order valence-corrected chi connectivity index (χ1v) is 6.93. The van der Waals surface area contributed by atoms with Gasteiger partial charge in [0.05, 0.1) is 0 Å². The summed E-state index contributed by atoms with van der Waals surface area (Å²) < 4.78 is 6.13. The molecule has 96 valence electrons. The summed E-state index contributed by atoms with van der Waals surface area (Å²) in [4.78, 5) is 0. The van der Waals surface area contributed by atoms with E-state index in [1.54, 1.807) is 0 Å². The van der Waals surface area contributed by atoms with E-state index in [1.807, 2.05) is 7.05 Å². The van der Waals surface area contributed by atoms with Crippen LogP contribution in [0.5, 0.6) is 0 Å². The fourth-order valence-corrected chi connectivity index (χ4v) is 3.33. The molecule has 1 fully saturated rings. The molecule has 1 aromatic carbocycles. The standard InChI is InChI=1S/C16H21NO/c1-11-5-3-6-12-9-15(18-16(11)12)14-8-4-7-13(14)10-17-2/h3,5-6,9,13-14,17H,4,7-8,10H2,1-2H3. The predicted octanol–water partition coefficient (Wildman–Crippen LogP) is 3.84. The average molecular weight is 243 g/mol. The van der Waals surface area contributed by atoms with E-state index in [2.05, 4.69) is 36.5 Å². The van der Waals surface area contributed by atoms with Gasteiger partial charge in [-0.1, -0.05) is 24.6 Å². The number of para-hydroxylation sites is 1. The van der Waals surface area contributed by atoms with E-state index < -0.39 is 0 Å². The zero-order valence-corrected chi connectivity index (χ0v) is 11.2. The lowest BCUT2D eigenvalue weighted by molar-refractivity contribution is 0.399. The first-order valence-electron chi connectivity index (χ1n) is 6.93. The molecule has 1 aliphatic rings. The maximum atomic E-state index is 6.13.